The Hall–Kier alpha value is -3.10. The fourth-order valence-corrected chi connectivity index (χ4v) is 3.95. The first-order valence-electron chi connectivity index (χ1n) is 10.5. The lowest BCUT2D eigenvalue weighted by molar-refractivity contribution is -0.147. The number of carbonyl (C=O) groups excluding carboxylic acids is 2. The van der Waals surface area contributed by atoms with Gasteiger partial charge in [0.15, 0.2) is 0 Å². The van der Waals surface area contributed by atoms with Gasteiger partial charge in [-0.15, -0.1) is 0 Å². The van der Waals surface area contributed by atoms with E-state index in [0.29, 0.717) is 48.2 Å². The van der Waals surface area contributed by atoms with E-state index >= 15 is 0 Å². The van der Waals surface area contributed by atoms with E-state index in [1.807, 2.05) is 0 Å². The first kappa shape index (κ1) is 24.5. The van der Waals surface area contributed by atoms with Gasteiger partial charge in [0, 0.05) is 50.4 Å². The average molecular weight is 476 g/mol. The number of hydrogen-bond acceptors (Lipinski definition) is 6. The Balaban J connectivity index is 1.72. The molecule has 7 nitrogen and oxygen atoms in total. The number of esters is 1. The molecule has 0 aliphatic carbocycles. The van der Waals surface area contributed by atoms with Crippen LogP contribution < -0.4 is 10.5 Å². The number of carbonyl (C=O) groups is 2. The summed E-state index contributed by atoms with van der Waals surface area (Å²) in [5, 5.41) is 0.386. The van der Waals surface area contributed by atoms with Gasteiger partial charge in [-0.1, -0.05) is 23.7 Å². The highest BCUT2D eigenvalue weighted by Gasteiger charge is 2.30. The lowest BCUT2D eigenvalue weighted by Crippen LogP contribution is -2.56. The number of nitrogens with two attached hydrogens (primary N) is 1. The number of rotatable bonds is 7. The third-order valence-electron chi connectivity index (χ3n) is 5.41. The van der Waals surface area contributed by atoms with Crippen LogP contribution in [0.3, 0.4) is 0 Å². The molecule has 2 aromatic rings. The predicted octanol–water partition coefficient (Wildman–Crippen LogP) is 3.36. The van der Waals surface area contributed by atoms with Crippen LogP contribution in [0.25, 0.3) is 6.08 Å². The normalized spacial score (nSPS) is 16.7. The van der Waals surface area contributed by atoms with Gasteiger partial charge in [-0.05, 0) is 35.9 Å². The van der Waals surface area contributed by atoms with Gasteiger partial charge in [-0.3, -0.25) is 14.5 Å². The molecule has 9 heteroatoms. The minimum Gasteiger partial charge on any atom is -0.495 e. The Kier molecular flexibility index (Phi) is 8.30. The minimum absolute atomic E-state index is 0.0890. The highest BCUT2D eigenvalue weighted by Crippen LogP contribution is 2.30. The number of benzene rings is 2. The predicted molar refractivity (Wildman–Crippen MR) is 125 cm³/mol. The van der Waals surface area contributed by atoms with Gasteiger partial charge in [0.25, 0.3) is 0 Å². The quantitative estimate of drug-likeness (QED) is 0.375. The van der Waals surface area contributed by atoms with Gasteiger partial charge in [0.05, 0.1) is 18.2 Å². The minimum atomic E-state index is -0.408. The molecule has 1 atom stereocenters. The molecule has 3 rings (SSSR count). The number of methoxy groups -OCH3 is 1. The summed E-state index contributed by atoms with van der Waals surface area (Å²) in [6.07, 6.45) is 3.06. The summed E-state index contributed by atoms with van der Waals surface area (Å²) >= 11 is 6.08. The van der Waals surface area contributed by atoms with Crippen LogP contribution >= 0.6 is 11.6 Å². The highest BCUT2D eigenvalue weighted by atomic mass is 35.5. The van der Waals surface area contributed by atoms with Crippen LogP contribution in [0.1, 0.15) is 18.1 Å². The maximum Gasteiger partial charge on any atom is 0.302 e. The molecule has 176 valence electrons. The van der Waals surface area contributed by atoms with Crippen LogP contribution in [0.15, 0.2) is 42.5 Å². The lowest BCUT2D eigenvalue weighted by Gasteiger charge is -2.40. The molecule has 1 amide bonds. The Morgan fingerprint density at radius 3 is 2.64 bits per heavy atom. The van der Waals surface area contributed by atoms with E-state index in [-0.39, 0.29) is 24.4 Å². The topological polar surface area (TPSA) is 85.1 Å². The number of piperazine rings is 1. The SMILES string of the molecule is COc1cc(C=CC(=O)N2CCN(Cc3ccc(F)cc3)C[C@H]2COC(C)=O)c(N)cc1Cl. The third-order valence-corrected chi connectivity index (χ3v) is 5.71. The Morgan fingerprint density at radius 2 is 1.97 bits per heavy atom. The molecule has 0 aromatic heterocycles. The summed E-state index contributed by atoms with van der Waals surface area (Å²) in [5.41, 5.74) is 8.01. The molecule has 2 N–H and O–H groups in total. The van der Waals surface area contributed by atoms with Crippen molar-refractivity contribution in [1.29, 1.82) is 0 Å². The van der Waals surface area contributed by atoms with E-state index < -0.39 is 5.97 Å². The first-order valence-corrected chi connectivity index (χ1v) is 10.9. The number of amides is 1. The van der Waals surface area contributed by atoms with E-state index in [2.05, 4.69) is 4.90 Å². The Morgan fingerprint density at radius 1 is 1.24 bits per heavy atom. The maximum atomic E-state index is 13.2. The van der Waals surface area contributed by atoms with Gasteiger partial charge in [0.2, 0.25) is 5.91 Å². The van der Waals surface area contributed by atoms with E-state index in [1.54, 1.807) is 35.2 Å². The van der Waals surface area contributed by atoms with Crippen molar-refractivity contribution >= 4 is 35.2 Å². The van der Waals surface area contributed by atoms with Crippen LogP contribution in [0.5, 0.6) is 5.75 Å². The van der Waals surface area contributed by atoms with Crippen molar-refractivity contribution in [3.05, 3.63) is 64.4 Å². The number of nitrogens with zero attached hydrogens (tertiary/aromatic N) is 2. The molecule has 1 aliphatic rings. The lowest BCUT2D eigenvalue weighted by atomic mass is 10.1. The molecule has 0 spiro atoms. The number of halogens is 2. The number of nitrogen functional groups attached to an aromatic ring is 1. The van der Waals surface area contributed by atoms with Crippen LogP contribution in [0.2, 0.25) is 5.02 Å². The molecular formula is C24H27ClFN3O4. The molecule has 0 bridgehead atoms. The van der Waals surface area contributed by atoms with Crippen molar-refractivity contribution in [2.45, 2.75) is 19.5 Å². The fraction of sp³-hybridized carbons (Fsp3) is 0.333. The second kappa shape index (κ2) is 11.2. The smallest absolute Gasteiger partial charge is 0.302 e. The van der Waals surface area contributed by atoms with Crippen LogP contribution in [0.4, 0.5) is 10.1 Å². The Bertz CT molecular complexity index is 1030. The van der Waals surface area contributed by atoms with Crippen molar-refractivity contribution in [3.8, 4) is 5.75 Å². The van der Waals surface area contributed by atoms with Gasteiger partial charge >= 0.3 is 5.97 Å². The van der Waals surface area contributed by atoms with Crippen molar-refractivity contribution in [3.63, 3.8) is 0 Å². The van der Waals surface area contributed by atoms with E-state index in [9.17, 15) is 14.0 Å². The summed E-state index contributed by atoms with van der Waals surface area (Å²) in [7, 11) is 1.50. The van der Waals surface area contributed by atoms with Gasteiger partial charge in [-0.25, -0.2) is 4.39 Å². The summed E-state index contributed by atoms with van der Waals surface area (Å²) in [5.74, 6) is -0.454. The Labute approximate surface area is 197 Å². The molecule has 2 aromatic carbocycles. The highest BCUT2D eigenvalue weighted by molar-refractivity contribution is 6.32. The molecule has 0 unspecified atom stereocenters. The number of anilines is 1. The number of hydrogen-bond donors (Lipinski definition) is 1. The first-order chi connectivity index (χ1) is 15.8. The summed E-state index contributed by atoms with van der Waals surface area (Å²) in [6.45, 7) is 3.63. The molecule has 1 heterocycles. The monoisotopic (exact) mass is 475 g/mol. The fourth-order valence-electron chi connectivity index (χ4n) is 3.70. The van der Waals surface area contributed by atoms with Crippen molar-refractivity contribution in [2.24, 2.45) is 0 Å². The second-order valence-corrected chi connectivity index (χ2v) is 8.21. The van der Waals surface area contributed by atoms with Crippen LogP contribution in [-0.4, -0.2) is 61.1 Å². The molecule has 33 heavy (non-hydrogen) atoms. The second-order valence-electron chi connectivity index (χ2n) is 7.80. The summed E-state index contributed by atoms with van der Waals surface area (Å²) < 4.78 is 23.6. The summed E-state index contributed by atoms with van der Waals surface area (Å²) in [6, 6.07) is 9.24. The van der Waals surface area contributed by atoms with Crippen molar-refractivity contribution in [1.82, 2.24) is 9.80 Å². The third kappa shape index (κ3) is 6.69. The molecule has 1 fully saturated rings. The zero-order valence-electron chi connectivity index (χ0n) is 18.6. The molecule has 1 aliphatic heterocycles. The van der Waals surface area contributed by atoms with Gasteiger partial charge < -0.3 is 20.1 Å². The van der Waals surface area contributed by atoms with Crippen LogP contribution in [0, 0.1) is 5.82 Å². The summed E-state index contributed by atoms with van der Waals surface area (Å²) in [4.78, 5) is 28.2. The van der Waals surface area contributed by atoms with E-state index in [0.717, 1.165) is 5.56 Å². The molecule has 1 saturated heterocycles. The molecule has 0 radical (unpaired) electrons. The van der Waals surface area contributed by atoms with Gasteiger partial charge in [-0.2, -0.15) is 0 Å². The largest absolute Gasteiger partial charge is 0.495 e. The standard InChI is InChI=1S/C24H27ClFN3O4/c1-16(30)33-15-20-14-28(13-17-3-6-19(26)7-4-17)9-10-29(20)24(31)8-5-18-11-23(32-2)21(25)12-22(18)27/h3-8,11-12,20H,9-10,13-15,27H2,1-2H3/t20-/m0/s1. The molecule has 0 saturated carbocycles. The van der Waals surface area contributed by atoms with Gasteiger partial charge in [0.1, 0.15) is 18.2 Å². The van der Waals surface area contributed by atoms with E-state index in [1.165, 1.54) is 32.2 Å². The zero-order valence-corrected chi connectivity index (χ0v) is 19.3. The average Bonchev–Trinajstić information content (AvgIpc) is 2.78. The molecular weight excluding hydrogens is 449 g/mol. The number of ether oxygens (including phenoxy) is 2. The van der Waals surface area contributed by atoms with Crippen molar-refractivity contribution in [2.75, 3.05) is 39.1 Å². The maximum absolute atomic E-state index is 13.2. The van der Waals surface area contributed by atoms with Crippen LogP contribution in [-0.2, 0) is 20.9 Å². The van der Waals surface area contributed by atoms with Crippen molar-refractivity contribution < 1.29 is 23.5 Å². The zero-order chi connectivity index (χ0) is 24.0. The van der Waals surface area contributed by atoms with E-state index in [4.69, 9.17) is 26.8 Å².